The number of aromatic nitrogens is 2. The van der Waals surface area contributed by atoms with Crippen LogP contribution in [0.3, 0.4) is 0 Å². The monoisotopic (exact) mass is 308 g/mol. The Morgan fingerprint density at radius 1 is 1.00 bits per heavy atom. The number of nitrogens with zero attached hydrogens (tertiary/aromatic N) is 2. The topological polar surface area (TPSA) is 60.3 Å². The van der Waals surface area contributed by atoms with Crippen molar-refractivity contribution in [1.29, 1.82) is 0 Å². The molecule has 116 valence electrons. The molecule has 1 atom stereocenters. The van der Waals surface area contributed by atoms with Crippen LogP contribution in [0.1, 0.15) is 17.4 Å². The van der Waals surface area contributed by atoms with Gasteiger partial charge in [0.25, 0.3) is 0 Å². The summed E-state index contributed by atoms with van der Waals surface area (Å²) in [5.74, 6) is 0.492. The maximum atomic E-state index is 12.0. The number of hydrogen-bond donors (Lipinski definition) is 1. The smallest absolute Gasteiger partial charge is 0.328 e. The van der Waals surface area contributed by atoms with Crippen molar-refractivity contribution in [2.24, 2.45) is 14.1 Å². The molecule has 5 heteroatoms. The molecule has 0 saturated heterocycles. The first-order valence-corrected chi connectivity index (χ1v) is 7.38. The van der Waals surface area contributed by atoms with E-state index in [2.05, 4.69) is 0 Å². The lowest BCUT2D eigenvalue weighted by Crippen LogP contribution is -2.19. The maximum absolute atomic E-state index is 12.0. The van der Waals surface area contributed by atoms with Crippen LogP contribution in [0, 0.1) is 0 Å². The summed E-state index contributed by atoms with van der Waals surface area (Å²) < 4.78 is 8.90. The number of imidazole rings is 1. The highest BCUT2D eigenvalue weighted by Gasteiger charge is 2.17. The largest absolute Gasteiger partial charge is 0.458 e. The summed E-state index contributed by atoms with van der Waals surface area (Å²) in [7, 11) is 3.46. The van der Waals surface area contributed by atoms with E-state index in [1.165, 1.54) is 0 Å². The van der Waals surface area contributed by atoms with Gasteiger partial charge in [0.05, 0.1) is 11.0 Å². The Labute approximate surface area is 132 Å². The van der Waals surface area contributed by atoms with Crippen LogP contribution in [0.5, 0.6) is 0 Å². The van der Waals surface area contributed by atoms with E-state index in [0.717, 1.165) is 22.0 Å². The highest BCUT2D eigenvalue weighted by atomic mass is 16.4. The fourth-order valence-corrected chi connectivity index (χ4v) is 3.00. The minimum atomic E-state index is -0.873. The van der Waals surface area contributed by atoms with E-state index in [1.54, 1.807) is 23.2 Å². The number of aryl methyl sites for hydroxylation is 2. The van der Waals surface area contributed by atoms with Crippen LogP contribution in [-0.4, -0.2) is 14.2 Å². The number of hydrogen-bond acceptors (Lipinski definition) is 3. The summed E-state index contributed by atoms with van der Waals surface area (Å²) in [6, 6.07) is 15.0. The average Bonchev–Trinajstić information content (AvgIpc) is 3.10. The minimum Gasteiger partial charge on any atom is -0.458 e. The van der Waals surface area contributed by atoms with Gasteiger partial charge in [0.1, 0.15) is 17.4 Å². The first kappa shape index (κ1) is 13.8. The molecule has 2 aromatic carbocycles. The van der Waals surface area contributed by atoms with E-state index in [0.29, 0.717) is 11.3 Å². The van der Waals surface area contributed by atoms with Crippen molar-refractivity contribution in [3.63, 3.8) is 0 Å². The van der Waals surface area contributed by atoms with Gasteiger partial charge < -0.3 is 9.52 Å². The highest BCUT2D eigenvalue weighted by Crippen LogP contribution is 2.29. The van der Waals surface area contributed by atoms with Crippen LogP contribution in [0.25, 0.3) is 22.0 Å². The molecule has 1 N–H and O–H groups in total. The molecule has 23 heavy (non-hydrogen) atoms. The first-order chi connectivity index (χ1) is 11.1. The van der Waals surface area contributed by atoms with E-state index in [4.69, 9.17) is 4.42 Å². The van der Waals surface area contributed by atoms with Crippen LogP contribution < -0.4 is 5.69 Å². The molecule has 2 heterocycles. The van der Waals surface area contributed by atoms with E-state index in [-0.39, 0.29) is 5.69 Å². The molecule has 0 spiro atoms. The number of aliphatic hydroxyl groups is 1. The molecule has 0 aliphatic rings. The number of furan rings is 1. The van der Waals surface area contributed by atoms with E-state index in [1.807, 2.05) is 48.5 Å². The number of para-hydroxylation sites is 1. The van der Waals surface area contributed by atoms with Gasteiger partial charge in [-0.1, -0.05) is 24.3 Å². The number of benzene rings is 2. The van der Waals surface area contributed by atoms with Crippen LogP contribution in [-0.2, 0) is 14.1 Å². The van der Waals surface area contributed by atoms with Crippen LogP contribution in [0.15, 0.2) is 57.7 Å². The average molecular weight is 308 g/mol. The van der Waals surface area contributed by atoms with Gasteiger partial charge in [-0.05, 0) is 29.8 Å². The van der Waals surface area contributed by atoms with Gasteiger partial charge in [-0.15, -0.1) is 0 Å². The van der Waals surface area contributed by atoms with Crippen LogP contribution in [0.2, 0.25) is 0 Å². The summed E-state index contributed by atoms with van der Waals surface area (Å²) in [6.07, 6.45) is -0.873. The molecule has 0 radical (unpaired) electrons. The van der Waals surface area contributed by atoms with E-state index in [9.17, 15) is 9.90 Å². The normalized spacial score (nSPS) is 13.0. The second-order valence-corrected chi connectivity index (χ2v) is 5.74. The van der Waals surface area contributed by atoms with Crippen molar-refractivity contribution in [1.82, 2.24) is 9.13 Å². The fraction of sp³-hybridized carbons (Fsp3) is 0.167. The predicted molar refractivity (Wildman–Crippen MR) is 88.4 cm³/mol. The lowest BCUT2D eigenvalue weighted by Gasteiger charge is -2.08. The summed E-state index contributed by atoms with van der Waals surface area (Å²) >= 11 is 0. The summed E-state index contributed by atoms with van der Waals surface area (Å²) in [5, 5.41) is 11.6. The third-order valence-electron chi connectivity index (χ3n) is 4.33. The first-order valence-electron chi connectivity index (χ1n) is 7.38. The quantitative estimate of drug-likeness (QED) is 0.619. The van der Waals surface area contributed by atoms with Gasteiger partial charge in [-0.2, -0.15) is 0 Å². The van der Waals surface area contributed by atoms with Crippen molar-refractivity contribution >= 4 is 22.0 Å². The molecule has 4 rings (SSSR count). The molecule has 1 unspecified atom stereocenters. The third-order valence-corrected chi connectivity index (χ3v) is 4.33. The predicted octanol–water partition coefficient (Wildman–Crippen LogP) is 2.70. The molecule has 4 aromatic rings. The van der Waals surface area contributed by atoms with Crippen molar-refractivity contribution in [2.45, 2.75) is 6.10 Å². The zero-order chi connectivity index (χ0) is 16.1. The van der Waals surface area contributed by atoms with Crippen molar-refractivity contribution in [3.05, 3.63) is 70.3 Å². The highest BCUT2D eigenvalue weighted by molar-refractivity contribution is 5.79. The fourth-order valence-electron chi connectivity index (χ4n) is 3.00. The zero-order valence-electron chi connectivity index (χ0n) is 12.9. The molecule has 0 aliphatic carbocycles. The van der Waals surface area contributed by atoms with Gasteiger partial charge in [-0.3, -0.25) is 9.13 Å². The molecule has 0 amide bonds. The maximum Gasteiger partial charge on any atom is 0.328 e. The molecular formula is C18H16N2O3. The number of rotatable bonds is 2. The van der Waals surface area contributed by atoms with Gasteiger partial charge in [0.15, 0.2) is 0 Å². The lowest BCUT2D eigenvalue weighted by molar-refractivity contribution is 0.192. The zero-order valence-corrected chi connectivity index (χ0v) is 12.9. The van der Waals surface area contributed by atoms with E-state index >= 15 is 0 Å². The van der Waals surface area contributed by atoms with E-state index < -0.39 is 6.10 Å². The number of aliphatic hydroxyl groups excluding tert-OH is 1. The van der Waals surface area contributed by atoms with Crippen molar-refractivity contribution in [3.8, 4) is 0 Å². The Hall–Kier alpha value is -2.79. The van der Waals surface area contributed by atoms with Crippen LogP contribution >= 0.6 is 0 Å². The molecule has 5 nitrogen and oxygen atoms in total. The Morgan fingerprint density at radius 3 is 2.52 bits per heavy atom. The Bertz CT molecular complexity index is 1050. The van der Waals surface area contributed by atoms with Gasteiger partial charge in [0.2, 0.25) is 0 Å². The summed E-state index contributed by atoms with van der Waals surface area (Å²) in [4.78, 5) is 12.0. The van der Waals surface area contributed by atoms with Gasteiger partial charge >= 0.3 is 5.69 Å². The second-order valence-electron chi connectivity index (χ2n) is 5.74. The van der Waals surface area contributed by atoms with Crippen molar-refractivity contribution < 1.29 is 9.52 Å². The minimum absolute atomic E-state index is 0.0876. The Balaban J connectivity index is 1.84. The number of fused-ring (bicyclic) bond motifs is 2. The molecule has 0 bridgehead atoms. The molecule has 0 aliphatic heterocycles. The van der Waals surface area contributed by atoms with Gasteiger partial charge in [-0.25, -0.2) is 4.79 Å². The van der Waals surface area contributed by atoms with Gasteiger partial charge in [0, 0.05) is 19.5 Å². The molecular weight excluding hydrogens is 292 g/mol. The second kappa shape index (κ2) is 4.86. The molecule has 0 saturated carbocycles. The summed E-state index contributed by atoms with van der Waals surface area (Å²) in [5.41, 5.74) is 2.96. The Kier molecular flexibility index (Phi) is 2.92. The summed E-state index contributed by atoms with van der Waals surface area (Å²) in [6.45, 7) is 0. The Morgan fingerprint density at radius 2 is 1.74 bits per heavy atom. The third kappa shape index (κ3) is 2.01. The standard InChI is InChI=1S/C18H16N2O3/c1-19-13-8-7-12(9-14(13)20(2)18(19)22)17(21)16-10-11-5-3-4-6-15(11)23-16/h3-10,17,21H,1-2H3. The SMILES string of the molecule is Cn1c(=O)n(C)c2cc(C(O)c3cc4ccccc4o3)ccc21. The molecule has 0 fully saturated rings. The van der Waals surface area contributed by atoms with Crippen molar-refractivity contribution in [2.75, 3.05) is 0 Å². The lowest BCUT2D eigenvalue weighted by atomic mass is 10.1. The molecule has 2 aromatic heterocycles. The van der Waals surface area contributed by atoms with Crippen LogP contribution in [0.4, 0.5) is 0 Å².